The van der Waals surface area contributed by atoms with Crippen LogP contribution >= 0.6 is 22.9 Å². The molecule has 0 bridgehead atoms. The normalized spacial score (nSPS) is 11.4. The Morgan fingerprint density at radius 1 is 1.08 bits per heavy atom. The Balaban J connectivity index is 1.46. The number of benzene rings is 2. The molecule has 0 unspecified atom stereocenters. The summed E-state index contributed by atoms with van der Waals surface area (Å²) in [6, 6.07) is 20.0. The van der Waals surface area contributed by atoms with Crippen molar-refractivity contribution in [3.05, 3.63) is 83.1 Å². The van der Waals surface area contributed by atoms with Crippen molar-refractivity contribution >= 4 is 44.5 Å². The van der Waals surface area contributed by atoms with Crippen LogP contribution in [0.3, 0.4) is 0 Å². The molecule has 0 spiro atoms. The molecule has 2 aromatic heterocycles. The third-order valence-electron chi connectivity index (χ3n) is 3.78. The average molecular weight is 367 g/mol. The van der Waals surface area contributed by atoms with E-state index in [9.17, 15) is 0 Å². The summed E-state index contributed by atoms with van der Waals surface area (Å²) in [5, 5.41) is 5.86. The first-order chi connectivity index (χ1) is 12.3. The fourth-order valence-corrected chi connectivity index (χ4v) is 3.49. The highest BCUT2D eigenvalue weighted by atomic mass is 35.5. The molecule has 124 valence electrons. The van der Waals surface area contributed by atoms with Crippen molar-refractivity contribution in [2.24, 2.45) is 5.10 Å². The van der Waals surface area contributed by atoms with E-state index in [0.29, 0.717) is 0 Å². The van der Waals surface area contributed by atoms with E-state index in [0.717, 1.165) is 32.6 Å². The fraction of sp³-hybridized carbons (Fsp3) is 0.0526. The van der Waals surface area contributed by atoms with E-state index >= 15 is 0 Å². The van der Waals surface area contributed by atoms with Crippen LogP contribution in [0.2, 0.25) is 5.02 Å². The number of thiazole rings is 1. The van der Waals surface area contributed by atoms with E-state index in [1.165, 1.54) is 5.56 Å². The van der Waals surface area contributed by atoms with Gasteiger partial charge in [-0.25, -0.2) is 4.98 Å². The lowest BCUT2D eigenvalue weighted by Crippen LogP contribution is -2.03. The van der Waals surface area contributed by atoms with Gasteiger partial charge in [-0.05, 0) is 42.0 Å². The molecule has 0 saturated carbocycles. The largest absolute Gasteiger partial charge is 0.342 e. The minimum Gasteiger partial charge on any atom is -0.342 e. The minimum atomic E-state index is 0.748. The second-order valence-electron chi connectivity index (χ2n) is 5.54. The maximum Gasteiger partial charge on any atom is 0.204 e. The van der Waals surface area contributed by atoms with Gasteiger partial charge in [0.1, 0.15) is 0 Å². The van der Waals surface area contributed by atoms with Crippen LogP contribution in [0.15, 0.2) is 72.0 Å². The van der Waals surface area contributed by atoms with Gasteiger partial charge in [-0.1, -0.05) is 47.2 Å². The number of para-hydroxylation sites is 1. The molecule has 0 fully saturated rings. The van der Waals surface area contributed by atoms with E-state index in [2.05, 4.69) is 26.1 Å². The summed E-state index contributed by atoms with van der Waals surface area (Å²) in [6.07, 6.45) is 3.84. The summed E-state index contributed by atoms with van der Waals surface area (Å²) < 4.78 is 3.28. The molecular formula is C19H15ClN4S. The monoisotopic (exact) mass is 366 g/mol. The Labute approximate surface area is 154 Å². The van der Waals surface area contributed by atoms with Gasteiger partial charge >= 0.3 is 0 Å². The second kappa shape index (κ2) is 7.09. The highest BCUT2D eigenvalue weighted by Gasteiger charge is 2.02. The number of halogens is 1. The molecule has 4 aromatic rings. The molecule has 0 amide bonds. The Morgan fingerprint density at radius 3 is 2.76 bits per heavy atom. The van der Waals surface area contributed by atoms with Crippen molar-refractivity contribution in [1.82, 2.24) is 9.55 Å². The summed E-state index contributed by atoms with van der Waals surface area (Å²) >= 11 is 7.53. The highest BCUT2D eigenvalue weighted by Crippen LogP contribution is 2.25. The molecule has 6 heteroatoms. The van der Waals surface area contributed by atoms with Crippen LogP contribution < -0.4 is 5.43 Å². The maximum absolute atomic E-state index is 5.94. The van der Waals surface area contributed by atoms with Gasteiger partial charge in [-0.15, -0.1) is 0 Å². The number of fused-ring (bicyclic) bond motifs is 1. The van der Waals surface area contributed by atoms with Gasteiger partial charge in [0.05, 0.1) is 22.1 Å². The van der Waals surface area contributed by atoms with Gasteiger partial charge in [0.2, 0.25) is 5.13 Å². The number of hydrogen-bond acceptors (Lipinski definition) is 4. The Bertz CT molecular complexity index is 984. The molecule has 0 aliphatic carbocycles. The van der Waals surface area contributed by atoms with E-state index in [-0.39, 0.29) is 0 Å². The number of nitrogens with one attached hydrogen (secondary N) is 1. The van der Waals surface area contributed by atoms with E-state index < -0.39 is 0 Å². The van der Waals surface area contributed by atoms with Crippen molar-refractivity contribution in [2.45, 2.75) is 6.54 Å². The number of hydrazone groups is 1. The van der Waals surface area contributed by atoms with Crippen molar-refractivity contribution in [2.75, 3.05) is 5.43 Å². The number of rotatable bonds is 5. The van der Waals surface area contributed by atoms with Gasteiger partial charge in [-0.3, -0.25) is 5.43 Å². The topological polar surface area (TPSA) is 42.2 Å². The molecule has 1 N–H and O–H groups in total. The van der Waals surface area contributed by atoms with Crippen LogP contribution in [-0.4, -0.2) is 15.8 Å². The quantitative estimate of drug-likeness (QED) is 0.387. The molecule has 0 saturated heterocycles. The second-order valence-corrected chi connectivity index (χ2v) is 7.01. The summed E-state index contributed by atoms with van der Waals surface area (Å²) in [5.41, 5.74) is 6.21. The number of anilines is 1. The van der Waals surface area contributed by atoms with Crippen LogP contribution in [-0.2, 0) is 6.54 Å². The molecule has 0 atom stereocenters. The van der Waals surface area contributed by atoms with Crippen molar-refractivity contribution in [3.8, 4) is 0 Å². The molecule has 4 nitrogen and oxygen atoms in total. The Kier molecular flexibility index (Phi) is 4.50. The molecule has 4 rings (SSSR count). The van der Waals surface area contributed by atoms with Gasteiger partial charge in [-0.2, -0.15) is 5.10 Å². The SMILES string of the molecule is Clc1ccc(Cn2cccc2/C=N\Nc2nc3ccccc3s2)cc1. The van der Waals surface area contributed by atoms with Crippen LogP contribution in [0.1, 0.15) is 11.3 Å². The maximum atomic E-state index is 5.94. The van der Waals surface area contributed by atoms with Crippen molar-refractivity contribution in [1.29, 1.82) is 0 Å². The number of aromatic nitrogens is 2. The molecule has 25 heavy (non-hydrogen) atoms. The Morgan fingerprint density at radius 2 is 1.92 bits per heavy atom. The number of hydrogen-bond donors (Lipinski definition) is 1. The smallest absolute Gasteiger partial charge is 0.204 e. The molecular weight excluding hydrogens is 352 g/mol. The van der Waals surface area contributed by atoms with E-state index in [4.69, 9.17) is 11.6 Å². The average Bonchev–Trinajstić information content (AvgIpc) is 3.23. The summed E-state index contributed by atoms with van der Waals surface area (Å²) in [5.74, 6) is 0. The first kappa shape index (κ1) is 15.9. The summed E-state index contributed by atoms with van der Waals surface area (Å²) in [4.78, 5) is 4.50. The first-order valence-corrected chi connectivity index (χ1v) is 9.02. The third-order valence-corrected chi connectivity index (χ3v) is 4.97. The van der Waals surface area contributed by atoms with E-state index in [1.54, 1.807) is 11.3 Å². The third kappa shape index (κ3) is 3.73. The summed E-state index contributed by atoms with van der Waals surface area (Å²) in [7, 11) is 0. The number of nitrogens with zero attached hydrogens (tertiary/aromatic N) is 3. The zero-order valence-electron chi connectivity index (χ0n) is 13.3. The molecule has 0 aliphatic heterocycles. The first-order valence-electron chi connectivity index (χ1n) is 7.82. The molecule has 2 aromatic carbocycles. The minimum absolute atomic E-state index is 0.748. The van der Waals surface area contributed by atoms with Gasteiger partial charge in [0.25, 0.3) is 0 Å². The van der Waals surface area contributed by atoms with Crippen LogP contribution in [0.4, 0.5) is 5.13 Å². The lowest BCUT2D eigenvalue weighted by atomic mass is 10.2. The van der Waals surface area contributed by atoms with Crippen molar-refractivity contribution < 1.29 is 0 Å². The predicted octanol–water partition coefficient (Wildman–Crippen LogP) is 5.25. The lowest BCUT2D eigenvalue weighted by molar-refractivity contribution is 0.800. The van der Waals surface area contributed by atoms with Crippen molar-refractivity contribution in [3.63, 3.8) is 0 Å². The van der Waals surface area contributed by atoms with Gasteiger partial charge < -0.3 is 4.57 Å². The lowest BCUT2D eigenvalue weighted by Gasteiger charge is -2.06. The molecule has 0 radical (unpaired) electrons. The molecule has 2 heterocycles. The fourth-order valence-electron chi connectivity index (χ4n) is 2.55. The standard InChI is InChI=1S/C19H15ClN4S/c20-15-9-7-14(8-10-15)13-24-11-3-4-16(24)12-21-23-19-22-17-5-1-2-6-18(17)25-19/h1-12H,13H2,(H,22,23)/b21-12-. The zero-order chi connectivity index (χ0) is 17.1. The Hall–Kier alpha value is -2.63. The van der Waals surface area contributed by atoms with E-state index in [1.807, 2.05) is 67.0 Å². The van der Waals surface area contributed by atoms with Gasteiger partial charge in [0, 0.05) is 17.8 Å². The zero-order valence-corrected chi connectivity index (χ0v) is 14.8. The molecule has 0 aliphatic rings. The van der Waals surface area contributed by atoms with Gasteiger partial charge in [0.15, 0.2) is 0 Å². The van der Waals surface area contributed by atoms with Crippen LogP contribution in [0, 0.1) is 0 Å². The summed E-state index contributed by atoms with van der Waals surface area (Å²) in [6.45, 7) is 0.770. The van der Waals surface area contributed by atoms with Crippen LogP contribution in [0.5, 0.6) is 0 Å². The van der Waals surface area contributed by atoms with Crippen LogP contribution in [0.25, 0.3) is 10.2 Å². The highest BCUT2D eigenvalue weighted by molar-refractivity contribution is 7.22. The predicted molar refractivity (Wildman–Crippen MR) is 106 cm³/mol.